The van der Waals surface area contributed by atoms with Gasteiger partial charge in [0.25, 0.3) is 0 Å². The quantitative estimate of drug-likeness (QED) is 0.816. The smallest absolute Gasteiger partial charge is 0.149 e. The number of rotatable bonds is 4. The van der Waals surface area contributed by atoms with Gasteiger partial charge in [-0.25, -0.2) is 4.98 Å². The molecule has 2 heterocycles. The summed E-state index contributed by atoms with van der Waals surface area (Å²) >= 11 is 0. The van der Waals surface area contributed by atoms with Crippen molar-refractivity contribution in [1.29, 1.82) is 0 Å². The van der Waals surface area contributed by atoms with E-state index >= 15 is 0 Å². The molecular formula is C12H19N3O. The molecule has 1 unspecified atom stereocenters. The Morgan fingerprint density at radius 2 is 2.50 bits per heavy atom. The number of aromatic nitrogens is 1. The third-order valence-corrected chi connectivity index (χ3v) is 2.99. The maximum atomic E-state index is 5.92. The third kappa shape index (κ3) is 2.64. The molecule has 0 saturated carbocycles. The maximum Gasteiger partial charge on any atom is 0.149 e. The molecule has 88 valence electrons. The van der Waals surface area contributed by atoms with Crippen molar-refractivity contribution < 1.29 is 4.74 Å². The molecule has 1 aromatic rings. The van der Waals surface area contributed by atoms with Crippen LogP contribution in [-0.2, 0) is 4.74 Å². The van der Waals surface area contributed by atoms with E-state index < -0.39 is 0 Å². The minimum Gasteiger partial charge on any atom is -0.396 e. The van der Waals surface area contributed by atoms with Crippen LogP contribution in [-0.4, -0.2) is 24.2 Å². The highest BCUT2D eigenvalue weighted by Crippen LogP contribution is 2.20. The van der Waals surface area contributed by atoms with Crippen LogP contribution in [0.2, 0.25) is 0 Å². The van der Waals surface area contributed by atoms with Crippen LogP contribution >= 0.6 is 0 Å². The van der Waals surface area contributed by atoms with Crippen LogP contribution < -0.4 is 11.1 Å². The number of nitrogens with two attached hydrogens (primary N) is 1. The van der Waals surface area contributed by atoms with Crippen molar-refractivity contribution in [3.05, 3.63) is 17.8 Å². The SMILES string of the molecule is Cc1ccnc(NCCC2CCCO2)c1N. The number of ether oxygens (including phenoxy) is 1. The molecule has 0 aliphatic carbocycles. The van der Waals surface area contributed by atoms with E-state index in [1.165, 1.54) is 12.8 Å². The van der Waals surface area contributed by atoms with Gasteiger partial charge in [0.1, 0.15) is 5.82 Å². The summed E-state index contributed by atoms with van der Waals surface area (Å²) in [5, 5.41) is 3.26. The Bertz CT molecular complexity index is 348. The van der Waals surface area contributed by atoms with Crippen molar-refractivity contribution in [2.45, 2.75) is 32.3 Å². The molecule has 4 nitrogen and oxygen atoms in total. The number of hydrogen-bond donors (Lipinski definition) is 2. The first kappa shape index (κ1) is 11.2. The van der Waals surface area contributed by atoms with Crippen LogP contribution in [0.1, 0.15) is 24.8 Å². The van der Waals surface area contributed by atoms with Gasteiger partial charge in [0, 0.05) is 19.3 Å². The van der Waals surface area contributed by atoms with E-state index in [1.807, 2.05) is 13.0 Å². The molecule has 3 N–H and O–H groups in total. The van der Waals surface area contributed by atoms with Crippen molar-refractivity contribution in [1.82, 2.24) is 4.98 Å². The minimum atomic E-state index is 0.415. The van der Waals surface area contributed by atoms with Crippen LogP contribution in [0.3, 0.4) is 0 Å². The second-order valence-corrected chi connectivity index (χ2v) is 4.24. The summed E-state index contributed by atoms with van der Waals surface area (Å²) in [6.07, 6.45) is 5.59. The van der Waals surface area contributed by atoms with Gasteiger partial charge in [-0.15, -0.1) is 0 Å². The van der Waals surface area contributed by atoms with Gasteiger partial charge in [-0.05, 0) is 37.8 Å². The lowest BCUT2D eigenvalue weighted by Crippen LogP contribution is -2.14. The second kappa shape index (κ2) is 5.16. The van der Waals surface area contributed by atoms with Gasteiger partial charge in [0.2, 0.25) is 0 Å². The summed E-state index contributed by atoms with van der Waals surface area (Å²) in [6.45, 7) is 3.77. The average molecular weight is 221 g/mol. The Morgan fingerprint density at radius 3 is 3.25 bits per heavy atom. The number of nitrogens with zero attached hydrogens (tertiary/aromatic N) is 1. The molecule has 1 aromatic heterocycles. The second-order valence-electron chi connectivity index (χ2n) is 4.24. The number of nitrogens with one attached hydrogen (secondary N) is 1. The topological polar surface area (TPSA) is 60.2 Å². The van der Waals surface area contributed by atoms with Crippen molar-refractivity contribution in [3.63, 3.8) is 0 Å². The summed E-state index contributed by atoms with van der Waals surface area (Å²) in [4.78, 5) is 4.23. The van der Waals surface area contributed by atoms with Crippen molar-refractivity contribution in [2.24, 2.45) is 0 Å². The van der Waals surface area contributed by atoms with Crippen LogP contribution in [0.25, 0.3) is 0 Å². The van der Waals surface area contributed by atoms with E-state index in [-0.39, 0.29) is 0 Å². The predicted molar refractivity (Wildman–Crippen MR) is 65.5 cm³/mol. The van der Waals surface area contributed by atoms with Gasteiger partial charge in [-0.3, -0.25) is 0 Å². The highest BCUT2D eigenvalue weighted by molar-refractivity contribution is 5.64. The Balaban J connectivity index is 1.82. The molecule has 1 saturated heterocycles. The van der Waals surface area contributed by atoms with E-state index in [0.717, 1.165) is 36.6 Å². The summed E-state index contributed by atoms with van der Waals surface area (Å²) in [6, 6.07) is 1.92. The number of hydrogen-bond acceptors (Lipinski definition) is 4. The van der Waals surface area contributed by atoms with Crippen LogP contribution in [0.15, 0.2) is 12.3 Å². The number of aryl methyl sites for hydroxylation is 1. The monoisotopic (exact) mass is 221 g/mol. The zero-order valence-electron chi connectivity index (χ0n) is 9.70. The lowest BCUT2D eigenvalue weighted by molar-refractivity contribution is 0.107. The zero-order chi connectivity index (χ0) is 11.4. The van der Waals surface area contributed by atoms with Gasteiger partial charge < -0.3 is 15.8 Å². The highest BCUT2D eigenvalue weighted by Gasteiger charge is 2.14. The summed E-state index contributed by atoms with van der Waals surface area (Å²) in [7, 11) is 0. The van der Waals surface area contributed by atoms with Crippen LogP contribution in [0.5, 0.6) is 0 Å². The molecule has 0 bridgehead atoms. The fourth-order valence-electron chi connectivity index (χ4n) is 1.93. The Labute approximate surface area is 96.2 Å². The molecule has 16 heavy (non-hydrogen) atoms. The lowest BCUT2D eigenvalue weighted by Gasteiger charge is -2.12. The molecule has 0 amide bonds. The normalized spacial score (nSPS) is 19.9. The van der Waals surface area contributed by atoms with Gasteiger partial charge >= 0.3 is 0 Å². The predicted octanol–water partition coefficient (Wildman–Crippen LogP) is 1.95. The van der Waals surface area contributed by atoms with E-state index in [0.29, 0.717) is 6.10 Å². The van der Waals surface area contributed by atoms with Crippen molar-refractivity contribution >= 4 is 11.5 Å². The Kier molecular flexibility index (Phi) is 3.62. The first-order chi connectivity index (χ1) is 7.77. The Morgan fingerprint density at radius 1 is 1.62 bits per heavy atom. The molecule has 1 aliphatic rings. The molecule has 0 spiro atoms. The molecule has 1 aliphatic heterocycles. The van der Waals surface area contributed by atoms with Gasteiger partial charge in [-0.2, -0.15) is 0 Å². The minimum absolute atomic E-state index is 0.415. The number of anilines is 2. The van der Waals surface area contributed by atoms with Crippen molar-refractivity contribution in [2.75, 3.05) is 24.2 Å². The fraction of sp³-hybridized carbons (Fsp3) is 0.583. The van der Waals surface area contributed by atoms with Gasteiger partial charge in [0.15, 0.2) is 0 Å². The maximum absolute atomic E-state index is 5.92. The lowest BCUT2D eigenvalue weighted by atomic mass is 10.2. The molecule has 1 atom stereocenters. The van der Waals surface area contributed by atoms with E-state index in [4.69, 9.17) is 10.5 Å². The molecular weight excluding hydrogens is 202 g/mol. The van der Waals surface area contributed by atoms with Gasteiger partial charge in [-0.1, -0.05) is 0 Å². The van der Waals surface area contributed by atoms with Crippen LogP contribution in [0, 0.1) is 6.92 Å². The third-order valence-electron chi connectivity index (χ3n) is 2.99. The fourth-order valence-corrected chi connectivity index (χ4v) is 1.93. The average Bonchev–Trinajstić information content (AvgIpc) is 2.77. The van der Waals surface area contributed by atoms with Gasteiger partial charge in [0.05, 0.1) is 11.8 Å². The summed E-state index contributed by atoms with van der Waals surface area (Å²) in [5.41, 5.74) is 7.73. The molecule has 0 radical (unpaired) electrons. The Hall–Kier alpha value is -1.29. The van der Waals surface area contributed by atoms with E-state index in [1.54, 1.807) is 6.20 Å². The highest BCUT2D eigenvalue weighted by atomic mass is 16.5. The molecule has 2 rings (SSSR count). The standard InChI is InChI=1S/C12H19N3O/c1-9-4-6-14-12(11(9)13)15-7-5-10-3-2-8-16-10/h4,6,10H,2-3,5,7-8,13H2,1H3,(H,14,15). The first-order valence-corrected chi connectivity index (χ1v) is 5.84. The largest absolute Gasteiger partial charge is 0.396 e. The number of nitrogen functional groups attached to an aromatic ring is 1. The zero-order valence-corrected chi connectivity index (χ0v) is 9.70. The van der Waals surface area contributed by atoms with Crippen LogP contribution in [0.4, 0.5) is 11.5 Å². The molecule has 0 aromatic carbocycles. The van der Waals surface area contributed by atoms with Crippen molar-refractivity contribution in [3.8, 4) is 0 Å². The summed E-state index contributed by atoms with van der Waals surface area (Å²) in [5.74, 6) is 0.790. The van der Waals surface area contributed by atoms with E-state index in [9.17, 15) is 0 Å². The number of pyridine rings is 1. The first-order valence-electron chi connectivity index (χ1n) is 5.84. The molecule has 4 heteroatoms. The van der Waals surface area contributed by atoms with E-state index in [2.05, 4.69) is 10.3 Å². The summed E-state index contributed by atoms with van der Waals surface area (Å²) < 4.78 is 5.55. The molecule has 1 fully saturated rings.